The van der Waals surface area contributed by atoms with Crippen LogP contribution in [0.3, 0.4) is 0 Å². The van der Waals surface area contributed by atoms with Crippen molar-refractivity contribution in [1.82, 2.24) is 14.7 Å². The fourth-order valence-electron chi connectivity index (χ4n) is 2.45. The molecule has 1 fully saturated rings. The quantitative estimate of drug-likeness (QED) is 0.765. The number of carboxylic acid groups (broad SMARTS) is 1. The minimum absolute atomic E-state index is 0.0127. The molecule has 2 aromatic heterocycles. The number of sulfonamides is 1. The number of fused-ring (bicyclic) bond motifs is 1. The van der Waals surface area contributed by atoms with Crippen molar-refractivity contribution < 1.29 is 18.3 Å². The second-order valence-corrected chi connectivity index (χ2v) is 7.09. The molecule has 1 aliphatic rings. The monoisotopic (exact) mass is 309 g/mol. The molecule has 2 heterocycles. The largest absolute Gasteiger partial charge is 0.480 e. The molecule has 3 N–H and O–H groups in total. The smallest absolute Gasteiger partial charge is 0.324 e. The summed E-state index contributed by atoms with van der Waals surface area (Å²) < 4.78 is 27.4. The maximum atomic E-state index is 12.5. The van der Waals surface area contributed by atoms with Crippen LogP contribution in [-0.2, 0) is 14.8 Å². The Hall–Kier alpha value is -1.93. The standard InChI is InChI=1S/C13H15N3O4S/c1-13(12(17)18,8-4-5-8)16-21(19,20)10-7-15-11-9(10)3-2-6-14-11/h2-3,6-8,16H,4-5H2,1H3,(H,14,15)(H,17,18). The number of hydrogen-bond acceptors (Lipinski definition) is 4. The number of nitrogens with one attached hydrogen (secondary N) is 2. The van der Waals surface area contributed by atoms with Gasteiger partial charge in [0.15, 0.2) is 0 Å². The van der Waals surface area contributed by atoms with Crippen LogP contribution in [0, 0.1) is 5.92 Å². The van der Waals surface area contributed by atoms with Crippen molar-refractivity contribution in [3.63, 3.8) is 0 Å². The van der Waals surface area contributed by atoms with Crippen molar-refractivity contribution in [2.45, 2.75) is 30.2 Å². The molecule has 1 aliphatic carbocycles. The zero-order valence-corrected chi connectivity index (χ0v) is 12.1. The van der Waals surface area contributed by atoms with Crippen LogP contribution in [0.15, 0.2) is 29.4 Å². The van der Waals surface area contributed by atoms with E-state index in [1.165, 1.54) is 13.1 Å². The third-order valence-corrected chi connectivity index (χ3v) is 5.50. The van der Waals surface area contributed by atoms with Gasteiger partial charge < -0.3 is 10.1 Å². The van der Waals surface area contributed by atoms with Gasteiger partial charge in [0.05, 0.1) is 0 Å². The summed E-state index contributed by atoms with van der Waals surface area (Å²) in [6, 6.07) is 3.26. The van der Waals surface area contributed by atoms with Gasteiger partial charge in [-0.05, 0) is 37.8 Å². The molecule has 1 unspecified atom stereocenters. The molecule has 0 spiro atoms. The fraction of sp³-hybridized carbons (Fsp3) is 0.385. The molecule has 21 heavy (non-hydrogen) atoms. The van der Waals surface area contributed by atoms with Gasteiger partial charge in [0, 0.05) is 17.8 Å². The van der Waals surface area contributed by atoms with Crippen LogP contribution in [-0.4, -0.2) is 35.0 Å². The first-order valence-corrected chi connectivity index (χ1v) is 8.02. The van der Waals surface area contributed by atoms with Crippen molar-refractivity contribution in [3.8, 4) is 0 Å². The molecular formula is C13H15N3O4S. The number of H-pyrrole nitrogens is 1. The van der Waals surface area contributed by atoms with Crippen molar-refractivity contribution in [1.29, 1.82) is 0 Å². The number of carbonyl (C=O) groups is 1. The molecule has 0 radical (unpaired) electrons. The first kappa shape index (κ1) is 14.0. The Bertz CT molecular complexity index is 810. The Morgan fingerprint density at radius 3 is 2.86 bits per heavy atom. The average molecular weight is 309 g/mol. The number of aliphatic carboxylic acids is 1. The van der Waals surface area contributed by atoms with Gasteiger partial charge in [0.2, 0.25) is 10.0 Å². The lowest BCUT2D eigenvalue weighted by Gasteiger charge is -2.25. The number of hydrogen-bond donors (Lipinski definition) is 3. The third-order valence-electron chi connectivity index (χ3n) is 3.89. The normalized spacial score (nSPS) is 18.5. The number of carboxylic acids is 1. The van der Waals surface area contributed by atoms with Crippen LogP contribution in [0.4, 0.5) is 0 Å². The van der Waals surface area contributed by atoms with Gasteiger partial charge in [0.25, 0.3) is 0 Å². The number of aromatic nitrogens is 2. The lowest BCUT2D eigenvalue weighted by molar-refractivity contribution is -0.144. The first-order valence-electron chi connectivity index (χ1n) is 6.54. The highest BCUT2D eigenvalue weighted by atomic mass is 32.2. The van der Waals surface area contributed by atoms with E-state index < -0.39 is 21.5 Å². The van der Waals surface area contributed by atoms with Gasteiger partial charge >= 0.3 is 5.97 Å². The Morgan fingerprint density at radius 1 is 1.52 bits per heavy atom. The average Bonchev–Trinajstić information content (AvgIpc) is 3.17. The van der Waals surface area contributed by atoms with E-state index in [-0.39, 0.29) is 10.8 Å². The molecule has 1 atom stereocenters. The highest BCUT2D eigenvalue weighted by molar-refractivity contribution is 7.89. The van der Waals surface area contributed by atoms with Gasteiger partial charge in [-0.1, -0.05) is 0 Å². The predicted octanol–water partition coefficient (Wildman–Crippen LogP) is 1.09. The van der Waals surface area contributed by atoms with Crippen molar-refractivity contribution in [2.24, 2.45) is 5.92 Å². The van der Waals surface area contributed by atoms with Gasteiger partial charge in [-0.3, -0.25) is 4.79 Å². The highest BCUT2D eigenvalue weighted by Crippen LogP contribution is 2.40. The van der Waals surface area contributed by atoms with E-state index in [1.807, 2.05) is 0 Å². The molecular weight excluding hydrogens is 294 g/mol. The lowest BCUT2D eigenvalue weighted by atomic mass is 9.98. The zero-order valence-electron chi connectivity index (χ0n) is 11.3. The van der Waals surface area contributed by atoms with Crippen molar-refractivity contribution in [2.75, 3.05) is 0 Å². The molecule has 1 saturated carbocycles. The third kappa shape index (κ3) is 2.30. The predicted molar refractivity (Wildman–Crippen MR) is 75.2 cm³/mol. The summed E-state index contributed by atoms with van der Waals surface area (Å²) in [6.45, 7) is 1.41. The summed E-state index contributed by atoms with van der Waals surface area (Å²) in [5.41, 5.74) is -1.04. The molecule has 0 saturated heterocycles. The minimum Gasteiger partial charge on any atom is -0.480 e. The van der Waals surface area contributed by atoms with Gasteiger partial charge in [0.1, 0.15) is 16.1 Å². The molecule has 112 valence electrons. The minimum atomic E-state index is -3.95. The van der Waals surface area contributed by atoms with Crippen LogP contribution in [0.1, 0.15) is 19.8 Å². The summed E-state index contributed by atoms with van der Waals surface area (Å²) in [7, 11) is -3.95. The molecule has 3 rings (SSSR count). The van der Waals surface area contributed by atoms with Crippen LogP contribution in [0.5, 0.6) is 0 Å². The second kappa shape index (κ2) is 4.54. The summed E-state index contributed by atoms with van der Waals surface area (Å²) >= 11 is 0. The topological polar surface area (TPSA) is 112 Å². The molecule has 8 heteroatoms. The Kier molecular flexibility index (Phi) is 3.03. The number of nitrogens with zero attached hydrogens (tertiary/aromatic N) is 1. The molecule has 0 amide bonds. The van der Waals surface area contributed by atoms with E-state index in [9.17, 15) is 18.3 Å². The van der Waals surface area contributed by atoms with Crippen LogP contribution < -0.4 is 4.72 Å². The van der Waals surface area contributed by atoms with E-state index in [1.54, 1.807) is 18.3 Å². The maximum absolute atomic E-state index is 12.5. The van der Waals surface area contributed by atoms with Crippen LogP contribution in [0.25, 0.3) is 11.0 Å². The van der Waals surface area contributed by atoms with Crippen molar-refractivity contribution >= 4 is 27.0 Å². The zero-order chi connectivity index (χ0) is 15.3. The van der Waals surface area contributed by atoms with Gasteiger partial charge in [-0.2, -0.15) is 4.72 Å². The number of rotatable bonds is 5. The fourth-order valence-corrected chi connectivity index (χ4v) is 4.04. The van der Waals surface area contributed by atoms with E-state index in [0.717, 1.165) is 0 Å². The van der Waals surface area contributed by atoms with Gasteiger partial charge in [-0.15, -0.1) is 0 Å². The maximum Gasteiger partial charge on any atom is 0.324 e. The summed E-state index contributed by atoms with van der Waals surface area (Å²) in [5, 5.41) is 9.81. The SMILES string of the molecule is CC(NS(=O)(=O)c1c[nH]c2ncccc12)(C(=O)O)C1CC1. The van der Waals surface area contributed by atoms with Gasteiger partial charge in [-0.25, -0.2) is 13.4 Å². The highest BCUT2D eigenvalue weighted by Gasteiger charge is 2.50. The second-order valence-electron chi connectivity index (χ2n) is 5.44. The van der Waals surface area contributed by atoms with Crippen molar-refractivity contribution in [3.05, 3.63) is 24.5 Å². The summed E-state index contributed by atoms with van der Waals surface area (Å²) in [4.78, 5) is 18.3. The number of aromatic amines is 1. The summed E-state index contributed by atoms with van der Waals surface area (Å²) in [5.74, 6) is -1.33. The molecule has 2 aromatic rings. The first-order chi connectivity index (χ1) is 9.84. The number of pyridine rings is 1. The Balaban J connectivity index is 2.02. The molecule has 0 aliphatic heterocycles. The van der Waals surface area contributed by atoms with E-state index in [4.69, 9.17) is 0 Å². The lowest BCUT2D eigenvalue weighted by Crippen LogP contribution is -2.53. The summed E-state index contributed by atoms with van der Waals surface area (Å²) in [6.07, 6.45) is 4.30. The van der Waals surface area contributed by atoms with E-state index in [0.29, 0.717) is 23.9 Å². The van der Waals surface area contributed by atoms with Crippen LogP contribution in [0.2, 0.25) is 0 Å². The Morgan fingerprint density at radius 2 is 2.24 bits per heavy atom. The molecule has 7 nitrogen and oxygen atoms in total. The molecule has 0 aromatic carbocycles. The Labute approximate surface area is 121 Å². The van der Waals surface area contributed by atoms with E-state index in [2.05, 4.69) is 14.7 Å². The van der Waals surface area contributed by atoms with Crippen LogP contribution >= 0.6 is 0 Å². The molecule has 0 bridgehead atoms. The van der Waals surface area contributed by atoms with E-state index >= 15 is 0 Å².